The molecule has 0 rings (SSSR count). The van der Waals surface area contributed by atoms with E-state index in [0.29, 0.717) is 5.92 Å². The van der Waals surface area contributed by atoms with Gasteiger partial charge in [-0.3, -0.25) is 0 Å². The van der Waals surface area contributed by atoms with Crippen molar-refractivity contribution in [3.05, 3.63) is 24.9 Å². The zero-order chi connectivity index (χ0) is 8.91. The van der Waals surface area contributed by atoms with E-state index in [4.69, 9.17) is 5.73 Å². The Balaban J connectivity index is 4.00. The molecule has 1 unspecified atom stereocenters. The van der Waals surface area contributed by atoms with E-state index < -0.39 is 0 Å². The van der Waals surface area contributed by atoms with E-state index in [1.807, 2.05) is 12.2 Å². The van der Waals surface area contributed by atoms with E-state index in [2.05, 4.69) is 27.4 Å². The molecule has 0 aromatic carbocycles. The number of rotatable bonds is 4. The minimum absolute atomic E-state index is 0.208. The summed E-state index contributed by atoms with van der Waals surface area (Å²) in [7, 11) is 0. The van der Waals surface area contributed by atoms with Gasteiger partial charge in [-0.05, 0) is 24.0 Å². The molecule has 0 aromatic rings. The predicted molar refractivity (Wildman–Crippen MR) is 51.1 cm³/mol. The fourth-order valence-electron chi connectivity index (χ4n) is 0.788. The largest absolute Gasteiger partial charge is 0.405 e. The minimum Gasteiger partial charge on any atom is -0.405 e. The van der Waals surface area contributed by atoms with Gasteiger partial charge in [-0.15, -0.1) is 6.58 Å². The molecule has 0 saturated heterocycles. The molecule has 0 aliphatic carbocycles. The van der Waals surface area contributed by atoms with Gasteiger partial charge in [0.2, 0.25) is 0 Å². The summed E-state index contributed by atoms with van der Waals surface area (Å²) in [6, 6.07) is 0. The van der Waals surface area contributed by atoms with E-state index in [1.165, 1.54) is 0 Å². The molecule has 11 heavy (non-hydrogen) atoms. The third kappa shape index (κ3) is 3.26. The Morgan fingerprint density at radius 1 is 1.55 bits per heavy atom. The zero-order valence-corrected chi connectivity index (χ0v) is 7.80. The third-order valence-electron chi connectivity index (χ3n) is 2.42. The summed E-state index contributed by atoms with van der Waals surface area (Å²) in [6.07, 6.45) is 6.63. The molecular weight excluding hydrogens is 134 g/mol. The maximum atomic E-state index is 5.26. The lowest BCUT2D eigenvalue weighted by Gasteiger charge is -2.27. The van der Waals surface area contributed by atoms with Gasteiger partial charge < -0.3 is 5.73 Å². The normalized spacial score (nSPS) is 15.2. The molecule has 0 fully saturated rings. The first-order valence-corrected chi connectivity index (χ1v) is 4.05. The summed E-state index contributed by atoms with van der Waals surface area (Å²) >= 11 is 0. The Kier molecular flexibility index (Phi) is 3.94. The van der Waals surface area contributed by atoms with Crippen LogP contribution < -0.4 is 5.73 Å². The topological polar surface area (TPSA) is 26.0 Å². The van der Waals surface area contributed by atoms with E-state index in [-0.39, 0.29) is 5.41 Å². The van der Waals surface area contributed by atoms with Crippen molar-refractivity contribution in [1.29, 1.82) is 0 Å². The van der Waals surface area contributed by atoms with Crippen LogP contribution in [0.3, 0.4) is 0 Å². The lowest BCUT2D eigenvalue weighted by atomic mass is 9.78. The van der Waals surface area contributed by atoms with Gasteiger partial charge in [0.1, 0.15) is 0 Å². The van der Waals surface area contributed by atoms with Crippen LogP contribution >= 0.6 is 0 Å². The van der Waals surface area contributed by atoms with Gasteiger partial charge in [-0.2, -0.15) is 0 Å². The molecule has 1 heteroatoms. The van der Waals surface area contributed by atoms with Gasteiger partial charge in [0.25, 0.3) is 0 Å². The van der Waals surface area contributed by atoms with Crippen LogP contribution in [-0.4, -0.2) is 0 Å². The molecule has 0 bridgehead atoms. The highest BCUT2D eigenvalue weighted by Gasteiger charge is 2.20. The van der Waals surface area contributed by atoms with Crippen LogP contribution in [0.25, 0.3) is 0 Å². The number of hydrogen-bond donors (Lipinski definition) is 1. The summed E-state index contributed by atoms with van der Waals surface area (Å²) < 4.78 is 0. The van der Waals surface area contributed by atoms with Crippen LogP contribution in [-0.2, 0) is 0 Å². The highest BCUT2D eigenvalue weighted by Crippen LogP contribution is 2.29. The third-order valence-corrected chi connectivity index (χ3v) is 2.42. The van der Waals surface area contributed by atoms with Crippen LogP contribution in [0.4, 0.5) is 0 Å². The van der Waals surface area contributed by atoms with E-state index in [1.54, 1.807) is 6.20 Å². The molecule has 0 saturated carbocycles. The Labute approximate surface area is 70.0 Å². The SMILES string of the molecule is C=CC(C)(C)C(C)CC=CN. The molecule has 0 radical (unpaired) electrons. The molecule has 1 nitrogen and oxygen atoms in total. The van der Waals surface area contributed by atoms with Crippen LogP contribution in [0.5, 0.6) is 0 Å². The second-order valence-corrected chi connectivity index (χ2v) is 3.59. The first kappa shape index (κ1) is 10.3. The monoisotopic (exact) mass is 153 g/mol. The molecular formula is C10H19N. The van der Waals surface area contributed by atoms with Crippen molar-refractivity contribution in [2.75, 3.05) is 0 Å². The van der Waals surface area contributed by atoms with Gasteiger partial charge in [-0.25, -0.2) is 0 Å². The highest BCUT2D eigenvalue weighted by molar-refractivity contribution is 4.94. The van der Waals surface area contributed by atoms with Crippen molar-refractivity contribution in [3.63, 3.8) is 0 Å². The zero-order valence-electron chi connectivity index (χ0n) is 7.80. The van der Waals surface area contributed by atoms with Gasteiger partial charge in [0.15, 0.2) is 0 Å². The summed E-state index contributed by atoms with van der Waals surface area (Å²) in [6.45, 7) is 10.4. The lowest BCUT2D eigenvalue weighted by molar-refractivity contribution is 0.310. The van der Waals surface area contributed by atoms with Crippen molar-refractivity contribution >= 4 is 0 Å². The van der Waals surface area contributed by atoms with Crippen molar-refractivity contribution < 1.29 is 0 Å². The number of hydrogen-bond acceptors (Lipinski definition) is 1. The maximum Gasteiger partial charge on any atom is -0.0103 e. The Bertz CT molecular complexity index is 145. The molecule has 0 spiro atoms. The Hall–Kier alpha value is -0.720. The fourth-order valence-corrected chi connectivity index (χ4v) is 0.788. The lowest BCUT2D eigenvalue weighted by Crippen LogP contribution is -2.17. The maximum absolute atomic E-state index is 5.26. The average Bonchev–Trinajstić information content (AvgIpc) is 2.00. The average molecular weight is 153 g/mol. The van der Waals surface area contributed by atoms with Crippen LogP contribution in [0.1, 0.15) is 27.2 Å². The molecule has 0 amide bonds. The second kappa shape index (κ2) is 4.22. The van der Waals surface area contributed by atoms with Gasteiger partial charge in [-0.1, -0.05) is 32.9 Å². The summed E-state index contributed by atoms with van der Waals surface area (Å²) in [5.41, 5.74) is 5.46. The molecule has 2 N–H and O–H groups in total. The van der Waals surface area contributed by atoms with Gasteiger partial charge >= 0.3 is 0 Å². The van der Waals surface area contributed by atoms with Crippen molar-refractivity contribution in [2.45, 2.75) is 27.2 Å². The smallest absolute Gasteiger partial charge is 0.0103 e. The standard InChI is InChI=1S/C10H19N/c1-5-10(3,4)9(2)7-6-8-11/h5-6,8-9H,1,7,11H2,2-4H3. The van der Waals surface area contributed by atoms with Gasteiger partial charge in [0, 0.05) is 0 Å². The molecule has 0 aliphatic rings. The Morgan fingerprint density at radius 2 is 2.09 bits per heavy atom. The predicted octanol–water partition coefficient (Wildman–Crippen LogP) is 2.70. The van der Waals surface area contributed by atoms with Crippen LogP contribution in [0.2, 0.25) is 0 Å². The first-order valence-electron chi connectivity index (χ1n) is 4.05. The molecule has 64 valence electrons. The van der Waals surface area contributed by atoms with Crippen molar-refractivity contribution in [3.8, 4) is 0 Å². The number of allylic oxidation sites excluding steroid dienone is 2. The molecule has 0 aliphatic heterocycles. The second-order valence-electron chi connectivity index (χ2n) is 3.59. The molecule has 0 aromatic heterocycles. The van der Waals surface area contributed by atoms with E-state index >= 15 is 0 Å². The quantitative estimate of drug-likeness (QED) is 0.617. The number of nitrogens with two attached hydrogens (primary N) is 1. The van der Waals surface area contributed by atoms with Crippen LogP contribution in [0, 0.1) is 11.3 Å². The molecule has 1 atom stereocenters. The fraction of sp³-hybridized carbons (Fsp3) is 0.600. The minimum atomic E-state index is 0.208. The summed E-state index contributed by atoms with van der Waals surface area (Å²) in [4.78, 5) is 0. The summed E-state index contributed by atoms with van der Waals surface area (Å²) in [5, 5.41) is 0. The van der Waals surface area contributed by atoms with Gasteiger partial charge in [0.05, 0.1) is 0 Å². The molecule has 0 heterocycles. The van der Waals surface area contributed by atoms with Crippen molar-refractivity contribution in [2.24, 2.45) is 17.1 Å². The van der Waals surface area contributed by atoms with Crippen LogP contribution in [0.15, 0.2) is 24.9 Å². The Morgan fingerprint density at radius 3 is 2.45 bits per heavy atom. The van der Waals surface area contributed by atoms with Crippen molar-refractivity contribution in [1.82, 2.24) is 0 Å². The summed E-state index contributed by atoms with van der Waals surface area (Å²) in [5.74, 6) is 0.597. The first-order chi connectivity index (χ1) is 5.04. The highest BCUT2D eigenvalue weighted by atomic mass is 14.5. The van der Waals surface area contributed by atoms with E-state index in [9.17, 15) is 0 Å². The van der Waals surface area contributed by atoms with E-state index in [0.717, 1.165) is 6.42 Å².